The SMILES string of the molecule is COc1cc([C@@H]2C(C#N)=C(N)Oc3c2c(=O)n(C)c2ccccc32)ccc1O. The number of para-hydroxylation sites is 1. The molecule has 0 amide bonds. The molecule has 1 aliphatic heterocycles. The first-order chi connectivity index (χ1) is 13.5. The van der Waals surface area contributed by atoms with Gasteiger partial charge in [-0.05, 0) is 29.8 Å². The highest BCUT2D eigenvalue weighted by Crippen LogP contribution is 2.44. The van der Waals surface area contributed by atoms with Crippen LogP contribution in [0, 0.1) is 11.3 Å². The van der Waals surface area contributed by atoms with Gasteiger partial charge in [-0.25, -0.2) is 0 Å². The molecule has 0 spiro atoms. The zero-order valence-electron chi connectivity index (χ0n) is 15.3. The first kappa shape index (κ1) is 17.5. The van der Waals surface area contributed by atoms with Gasteiger partial charge in [0.15, 0.2) is 11.5 Å². The van der Waals surface area contributed by atoms with Gasteiger partial charge < -0.3 is 24.9 Å². The van der Waals surface area contributed by atoms with Crippen LogP contribution in [0.5, 0.6) is 17.2 Å². The fourth-order valence-electron chi connectivity index (χ4n) is 3.63. The molecule has 2 heterocycles. The lowest BCUT2D eigenvalue weighted by atomic mass is 9.83. The van der Waals surface area contributed by atoms with Crippen molar-refractivity contribution in [3.8, 4) is 23.3 Å². The lowest BCUT2D eigenvalue weighted by molar-refractivity contribution is 0.372. The van der Waals surface area contributed by atoms with Crippen LogP contribution >= 0.6 is 0 Å². The molecule has 0 saturated heterocycles. The maximum atomic E-state index is 13.2. The summed E-state index contributed by atoms with van der Waals surface area (Å²) in [7, 11) is 3.10. The van der Waals surface area contributed by atoms with Gasteiger partial charge >= 0.3 is 0 Å². The number of phenolic OH excluding ortho intramolecular Hbond substituents is 1. The van der Waals surface area contributed by atoms with Crippen molar-refractivity contribution in [2.75, 3.05) is 7.11 Å². The van der Waals surface area contributed by atoms with E-state index in [0.717, 1.165) is 5.39 Å². The van der Waals surface area contributed by atoms with Crippen LogP contribution in [0.2, 0.25) is 0 Å². The van der Waals surface area contributed by atoms with Gasteiger partial charge in [0.1, 0.15) is 17.4 Å². The molecular weight excluding hydrogens is 358 g/mol. The Balaban J connectivity index is 2.11. The van der Waals surface area contributed by atoms with E-state index in [2.05, 4.69) is 6.07 Å². The number of aromatic nitrogens is 1. The van der Waals surface area contributed by atoms with Crippen LogP contribution in [0.15, 0.2) is 58.7 Å². The lowest BCUT2D eigenvalue weighted by Gasteiger charge is -2.27. The van der Waals surface area contributed by atoms with Crippen molar-refractivity contribution >= 4 is 10.9 Å². The highest BCUT2D eigenvalue weighted by atomic mass is 16.5. The van der Waals surface area contributed by atoms with E-state index >= 15 is 0 Å². The number of allylic oxidation sites excluding steroid dienone is 1. The lowest BCUT2D eigenvalue weighted by Crippen LogP contribution is -2.31. The molecule has 0 aliphatic carbocycles. The number of nitriles is 1. The second-order valence-corrected chi connectivity index (χ2v) is 6.48. The van der Waals surface area contributed by atoms with Crippen LogP contribution < -0.4 is 20.8 Å². The monoisotopic (exact) mass is 375 g/mol. The fourth-order valence-corrected chi connectivity index (χ4v) is 3.63. The Morgan fingerprint density at radius 2 is 2.04 bits per heavy atom. The number of hydrogen-bond acceptors (Lipinski definition) is 6. The third-order valence-electron chi connectivity index (χ3n) is 5.00. The molecule has 3 aromatic rings. The summed E-state index contributed by atoms with van der Waals surface area (Å²) in [6.07, 6.45) is 0. The Morgan fingerprint density at radius 3 is 2.75 bits per heavy atom. The van der Waals surface area contributed by atoms with Crippen LogP contribution in [-0.2, 0) is 7.05 Å². The number of methoxy groups -OCH3 is 1. The number of phenols is 1. The van der Waals surface area contributed by atoms with Gasteiger partial charge in [0, 0.05) is 12.4 Å². The average Bonchev–Trinajstić information content (AvgIpc) is 2.71. The number of aromatic hydroxyl groups is 1. The van der Waals surface area contributed by atoms with Crippen molar-refractivity contribution in [1.29, 1.82) is 5.26 Å². The smallest absolute Gasteiger partial charge is 0.258 e. The number of aryl methyl sites for hydroxylation is 1. The van der Waals surface area contributed by atoms with Crippen molar-refractivity contribution in [1.82, 2.24) is 4.57 Å². The minimum atomic E-state index is -0.744. The van der Waals surface area contributed by atoms with Crippen molar-refractivity contribution < 1.29 is 14.6 Å². The van der Waals surface area contributed by atoms with E-state index < -0.39 is 5.92 Å². The topological polar surface area (TPSA) is 111 Å². The summed E-state index contributed by atoms with van der Waals surface area (Å²) in [6, 6.07) is 14.1. The maximum Gasteiger partial charge on any atom is 0.258 e. The van der Waals surface area contributed by atoms with E-state index in [1.165, 1.54) is 17.7 Å². The van der Waals surface area contributed by atoms with Gasteiger partial charge in [0.2, 0.25) is 5.88 Å². The molecule has 0 fully saturated rings. The number of fused-ring (bicyclic) bond motifs is 3. The summed E-state index contributed by atoms with van der Waals surface area (Å²) in [5.74, 6) is -0.260. The zero-order chi connectivity index (χ0) is 20.0. The number of hydrogen-bond donors (Lipinski definition) is 2. The van der Waals surface area contributed by atoms with Gasteiger partial charge in [-0.1, -0.05) is 18.2 Å². The van der Waals surface area contributed by atoms with Crippen molar-refractivity contribution in [2.24, 2.45) is 12.8 Å². The second kappa shape index (κ2) is 6.35. The normalized spacial score (nSPS) is 15.7. The van der Waals surface area contributed by atoms with Crippen molar-refractivity contribution in [3.63, 3.8) is 0 Å². The maximum absolute atomic E-state index is 13.2. The molecule has 4 rings (SSSR count). The number of nitrogens with zero attached hydrogens (tertiary/aromatic N) is 2. The summed E-state index contributed by atoms with van der Waals surface area (Å²) in [5.41, 5.74) is 7.51. The van der Waals surface area contributed by atoms with Crippen molar-refractivity contribution in [2.45, 2.75) is 5.92 Å². The van der Waals surface area contributed by atoms with E-state index in [9.17, 15) is 15.2 Å². The Hall–Kier alpha value is -3.92. The summed E-state index contributed by atoms with van der Waals surface area (Å²) in [4.78, 5) is 13.2. The molecule has 0 unspecified atom stereocenters. The van der Waals surface area contributed by atoms with Crippen molar-refractivity contribution in [3.05, 3.63) is 75.4 Å². The third-order valence-corrected chi connectivity index (χ3v) is 5.00. The molecule has 0 radical (unpaired) electrons. The van der Waals surface area contributed by atoms with Crippen LogP contribution in [0.4, 0.5) is 0 Å². The van der Waals surface area contributed by atoms with E-state index in [-0.39, 0.29) is 28.5 Å². The molecular formula is C21H17N3O4. The molecule has 140 valence electrons. The van der Waals surface area contributed by atoms with E-state index in [1.54, 1.807) is 19.2 Å². The van der Waals surface area contributed by atoms with Crippen LogP contribution in [0.25, 0.3) is 10.9 Å². The van der Waals surface area contributed by atoms with Gasteiger partial charge in [0.05, 0.1) is 24.1 Å². The van der Waals surface area contributed by atoms with Crippen LogP contribution in [0.1, 0.15) is 17.0 Å². The predicted octanol–water partition coefficient (Wildman–Crippen LogP) is 2.47. The standard InChI is InChI=1S/C21H17N3O4/c1-24-14-6-4-3-5-12(14)19-18(21(24)26)17(13(10-22)20(23)28-19)11-7-8-15(25)16(9-11)27-2/h3-9,17,25H,23H2,1-2H3/t17-/m1/s1. The minimum absolute atomic E-state index is 0.0413. The molecule has 28 heavy (non-hydrogen) atoms. The molecule has 1 atom stereocenters. The number of rotatable bonds is 2. The highest BCUT2D eigenvalue weighted by Gasteiger charge is 2.35. The largest absolute Gasteiger partial charge is 0.504 e. The number of ether oxygens (including phenoxy) is 2. The van der Waals surface area contributed by atoms with Crippen LogP contribution in [0.3, 0.4) is 0 Å². The van der Waals surface area contributed by atoms with E-state index in [0.29, 0.717) is 22.4 Å². The summed E-state index contributed by atoms with van der Waals surface area (Å²) in [5, 5.41) is 20.4. The van der Waals surface area contributed by atoms with Gasteiger partial charge in [-0.2, -0.15) is 5.26 Å². The molecule has 7 heteroatoms. The fraction of sp³-hybridized carbons (Fsp3) is 0.143. The third kappa shape index (κ3) is 2.39. The van der Waals surface area contributed by atoms with Crippen LogP contribution in [-0.4, -0.2) is 16.8 Å². The Morgan fingerprint density at radius 1 is 1.29 bits per heavy atom. The first-order valence-corrected chi connectivity index (χ1v) is 8.54. The quantitative estimate of drug-likeness (QED) is 0.712. The summed E-state index contributed by atoms with van der Waals surface area (Å²) < 4.78 is 12.5. The van der Waals surface area contributed by atoms with Gasteiger partial charge in [-0.3, -0.25) is 4.79 Å². The second-order valence-electron chi connectivity index (χ2n) is 6.48. The summed E-state index contributed by atoms with van der Waals surface area (Å²) in [6.45, 7) is 0. The molecule has 0 bridgehead atoms. The average molecular weight is 375 g/mol. The Kier molecular flexibility index (Phi) is 3.97. The molecule has 3 N–H and O–H groups in total. The Bertz CT molecular complexity index is 1250. The first-order valence-electron chi connectivity index (χ1n) is 8.54. The summed E-state index contributed by atoms with van der Waals surface area (Å²) >= 11 is 0. The minimum Gasteiger partial charge on any atom is -0.504 e. The Labute approximate surface area is 160 Å². The van der Waals surface area contributed by atoms with Gasteiger partial charge in [-0.15, -0.1) is 0 Å². The zero-order valence-corrected chi connectivity index (χ0v) is 15.3. The van der Waals surface area contributed by atoms with Gasteiger partial charge in [0.25, 0.3) is 5.56 Å². The number of nitrogens with two attached hydrogens (primary N) is 1. The molecule has 0 saturated carbocycles. The molecule has 7 nitrogen and oxygen atoms in total. The predicted molar refractivity (Wildman–Crippen MR) is 103 cm³/mol. The molecule has 1 aromatic heterocycles. The number of benzene rings is 2. The molecule has 1 aliphatic rings. The van der Waals surface area contributed by atoms with E-state index in [4.69, 9.17) is 15.2 Å². The van der Waals surface area contributed by atoms with E-state index in [1.807, 2.05) is 24.3 Å². The molecule has 2 aromatic carbocycles. The number of pyridine rings is 1. The highest BCUT2D eigenvalue weighted by molar-refractivity contribution is 5.88.